The molecule has 0 spiro atoms. The lowest BCUT2D eigenvalue weighted by Gasteiger charge is -2.35. The highest BCUT2D eigenvalue weighted by atomic mass is 16.5. The number of ether oxygens (including phenoxy) is 1. The topological polar surface area (TPSA) is 54.7 Å². The standard InChI is InChI=1S/C14H22N2O3/c1-14(18)5-8-16(9-6-14)13(17)12-4-3-7-15(12)10-11-19-2/h3-4,7,18H,5-6,8-11H2,1-2H3. The first-order valence-corrected chi connectivity index (χ1v) is 6.69. The van der Waals surface area contributed by atoms with Crippen molar-refractivity contribution in [3.63, 3.8) is 0 Å². The summed E-state index contributed by atoms with van der Waals surface area (Å²) >= 11 is 0. The molecule has 0 atom stereocenters. The van der Waals surface area contributed by atoms with Gasteiger partial charge in [-0.05, 0) is 31.9 Å². The van der Waals surface area contributed by atoms with E-state index in [9.17, 15) is 9.90 Å². The average molecular weight is 266 g/mol. The monoisotopic (exact) mass is 266 g/mol. The molecule has 5 nitrogen and oxygen atoms in total. The first-order valence-electron chi connectivity index (χ1n) is 6.69. The van der Waals surface area contributed by atoms with E-state index in [4.69, 9.17) is 4.74 Å². The SMILES string of the molecule is COCCn1cccc1C(=O)N1CCC(C)(O)CC1. The van der Waals surface area contributed by atoms with Crippen LogP contribution in [0.2, 0.25) is 0 Å². The third-order valence-electron chi connectivity index (χ3n) is 3.71. The molecule has 0 saturated carbocycles. The van der Waals surface area contributed by atoms with Crippen LogP contribution in [0.25, 0.3) is 0 Å². The van der Waals surface area contributed by atoms with Crippen LogP contribution in [-0.2, 0) is 11.3 Å². The average Bonchev–Trinajstić information content (AvgIpc) is 2.83. The summed E-state index contributed by atoms with van der Waals surface area (Å²) in [4.78, 5) is 14.3. The van der Waals surface area contributed by atoms with Crippen molar-refractivity contribution in [3.8, 4) is 0 Å². The van der Waals surface area contributed by atoms with E-state index in [0.717, 1.165) is 0 Å². The van der Waals surface area contributed by atoms with E-state index < -0.39 is 5.60 Å². The molecule has 1 aromatic rings. The Labute approximate surface area is 113 Å². The zero-order valence-electron chi connectivity index (χ0n) is 11.6. The normalized spacial score (nSPS) is 18.6. The lowest BCUT2D eigenvalue weighted by molar-refractivity contribution is -0.00234. The zero-order chi connectivity index (χ0) is 13.9. The van der Waals surface area contributed by atoms with Gasteiger partial charge in [0.2, 0.25) is 0 Å². The highest BCUT2D eigenvalue weighted by Crippen LogP contribution is 2.22. The summed E-state index contributed by atoms with van der Waals surface area (Å²) < 4.78 is 6.96. The summed E-state index contributed by atoms with van der Waals surface area (Å²) in [7, 11) is 1.65. The number of rotatable bonds is 4. The van der Waals surface area contributed by atoms with Crippen molar-refractivity contribution in [2.75, 3.05) is 26.8 Å². The van der Waals surface area contributed by atoms with Gasteiger partial charge in [-0.15, -0.1) is 0 Å². The summed E-state index contributed by atoms with van der Waals surface area (Å²) in [6.07, 6.45) is 3.17. The smallest absolute Gasteiger partial charge is 0.270 e. The van der Waals surface area contributed by atoms with Crippen LogP contribution >= 0.6 is 0 Å². The van der Waals surface area contributed by atoms with Gasteiger partial charge in [-0.1, -0.05) is 0 Å². The van der Waals surface area contributed by atoms with Gasteiger partial charge < -0.3 is 19.3 Å². The summed E-state index contributed by atoms with van der Waals surface area (Å²) in [5, 5.41) is 9.92. The molecule has 0 aliphatic carbocycles. The van der Waals surface area contributed by atoms with E-state index in [2.05, 4.69) is 0 Å². The Kier molecular flexibility index (Phi) is 4.27. The van der Waals surface area contributed by atoms with Crippen molar-refractivity contribution in [1.82, 2.24) is 9.47 Å². The van der Waals surface area contributed by atoms with E-state index in [1.807, 2.05) is 34.7 Å². The molecule has 106 valence electrons. The fraction of sp³-hybridized carbons (Fsp3) is 0.643. The van der Waals surface area contributed by atoms with E-state index in [0.29, 0.717) is 44.8 Å². The number of methoxy groups -OCH3 is 1. The second-order valence-corrected chi connectivity index (χ2v) is 5.37. The Morgan fingerprint density at radius 3 is 2.79 bits per heavy atom. The van der Waals surface area contributed by atoms with Gasteiger partial charge in [-0.2, -0.15) is 0 Å². The van der Waals surface area contributed by atoms with Crippen molar-refractivity contribution in [2.24, 2.45) is 0 Å². The number of hydrogen-bond donors (Lipinski definition) is 1. The molecular weight excluding hydrogens is 244 g/mol. The highest BCUT2D eigenvalue weighted by molar-refractivity contribution is 5.92. The summed E-state index contributed by atoms with van der Waals surface area (Å²) in [6, 6.07) is 3.72. The van der Waals surface area contributed by atoms with E-state index in [1.54, 1.807) is 7.11 Å². The van der Waals surface area contributed by atoms with Gasteiger partial charge >= 0.3 is 0 Å². The minimum atomic E-state index is -0.630. The van der Waals surface area contributed by atoms with E-state index in [1.165, 1.54) is 0 Å². The second-order valence-electron chi connectivity index (χ2n) is 5.37. The van der Waals surface area contributed by atoms with Gasteiger partial charge in [0.25, 0.3) is 5.91 Å². The Balaban J connectivity index is 2.02. The third kappa shape index (κ3) is 3.36. The van der Waals surface area contributed by atoms with Gasteiger partial charge in [0.05, 0.1) is 12.2 Å². The number of aliphatic hydroxyl groups is 1. The number of amides is 1. The lowest BCUT2D eigenvalue weighted by Crippen LogP contribution is -2.45. The Bertz CT molecular complexity index is 430. The molecule has 1 saturated heterocycles. The lowest BCUT2D eigenvalue weighted by atomic mass is 9.94. The Morgan fingerprint density at radius 2 is 2.16 bits per heavy atom. The summed E-state index contributed by atoms with van der Waals surface area (Å²) in [6.45, 7) is 4.32. The van der Waals surface area contributed by atoms with Crippen LogP contribution < -0.4 is 0 Å². The maximum absolute atomic E-state index is 12.4. The van der Waals surface area contributed by atoms with Crippen LogP contribution in [0.3, 0.4) is 0 Å². The van der Waals surface area contributed by atoms with Crippen LogP contribution in [0.5, 0.6) is 0 Å². The van der Waals surface area contributed by atoms with Gasteiger partial charge in [-0.25, -0.2) is 0 Å². The number of aromatic nitrogens is 1. The van der Waals surface area contributed by atoms with Crippen molar-refractivity contribution in [1.29, 1.82) is 0 Å². The zero-order valence-corrected chi connectivity index (χ0v) is 11.6. The number of nitrogens with zero attached hydrogens (tertiary/aromatic N) is 2. The number of carbonyl (C=O) groups excluding carboxylic acids is 1. The molecule has 1 fully saturated rings. The Morgan fingerprint density at radius 1 is 1.47 bits per heavy atom. The predicted molar refractivity (Wildman–Crippen MR) is 72.1 cm³/mol. The van der Waals surface area contributed by atoms with Crippen LogP contribution in [0.4, 0.5) is 0 Å². The van der Waals surface area contributed by atoms with Crippen molar-refractivity contribution >= 4 is 5.91 Å². The van der Waals surface area contributed by atoms with Gasteiger partial charge in [0, 0.05) is 32.9 Å². The number of hydrogen-bond acceptors (Lipinski definition) is 3. The molecule has 0 aromatic carbocycles. The first kappa shape index (κ1) is 14.1. The molecule has 0 bridgehead atoms. The second kappa shape index (κ2) is 5.75. The molecule has 1 amide bonds. The molecule has 1 aliphatic rings. The van der Waals surface area contributed by atoms with Gasteiger partial charge in [-0.3, -0.25) is 4.79 Å². The maximum atomic E-state index is 12.4. The number of piperidine rings is 1. The molecule has 5 heteroatoms. The minimum absolute atomic E-state index is 0.0385. The number of likely N-dealkylation sites (tertiary alicyclic amines) is 1. The fourth-order valence-electron chi connectivity index (χ4n) is 2.35. The Hall–Kier alpha value is -1.33. The number of carbonyl (C=O) groups is 1. The molecule has 1 aliphatic heterocycles. The molecular formula is C14H22N2O3. The van der Waals surface area contributed by atoms with Crippen LogP contribution in [0, 0.1) is 0 Å². The highest BCUT2D eigenvalue weighted by Gasteiger charge is 2.30. The third-order valence-corrected chi connectivity index (χ3v) is 3.71. The molecule has 2 heterocycles. The molecule has 1 N–H and O–H groups in total. The van der Waals surface area contributed by atoms with Crippen molar-refractivity contribution < 1.29 is 14.6 Å². The molecule has 1 aromatic heterocycles. The predicted octanol–water partition coefficient (Wildman–Crippen LogP) is 1.12. The first-order chi connectivity index (χ1) is 9.03. The summed E-state index contributed by atoms with van der Waals surface area (Å²) in [5.41, 5.74) is 0.0630. The van der Waals surface area contributed by atoms with Crippen LogP contribution in [0.15, 0.2) is 18.3 Å². The van der Waals surface area contributed by atoms with E-state index >= 15 is 0 Å². The minimum Gasteiger partial charge on any atom is -0.390 e. The van der Waals surface area contributed by atoms with Crippen LogP contribution in [0.1, 0.15) is 30.3 Å². The van der Waals surface area contributed by atoms with Crippen molar-refractivity contribution in [2.45, 2.75) is 31.9 Å². The molecule has 0 radical (unpaired) electrons. The molecule has 0 unspecified atom stereocenters. The largest absolute Gasteiger partial charge is 0.390 e. The maximum Gasteiger partial charge on any atom is 0.270 e. The van der Waals surface area contributed by atoms with Crippen LogP contribution in [-0.4, -0.2) is 52.9 Å². The fourth-order valence-corrected chi connectivity index (χ4v) is 2.35. The molecule has 2 rings (SSSR count). The van der Waals surface area contributed by atoms with Gasteiger partial charge in [0.15, 0.2) is 0 Å². The molecule has 19 heavy (non-hydrogen) atoms. The van der Waals surface area contributed by atoms with Gasteiger partial charge in [0.1, 0.15) is 5.69 Å². The quantitative estimate of drug-likeness (QED) is 0.888. The summed E-state index contributed by atoms with van der Waals surface area (Å²) in [5.74, 6) is 0.0385. The van der Waals surface area contributed by atoms with E-state index in [-0.39, 0.29) is 5.91 Å². The van der Waals surface area contributed by atoms with Crippen molar-refractivity contribution in [3.05, 3.63) is 24.0 Å².